The van der Waals surface area contributed by atoms with Gasteiger partial charge in [0.25, 0.3) is 0 Å². The van der Waals surface area contributed by atoms with Crippen molar-refractivity contribution in [1.82, 2.24) is 10.2 Å². The highest BCUT2D eigenvalue weighted by atomic mass is 16.6. The number of urea groups is 1. The molecule has 8 heteroatoms. The summed E-state index contributed by atoms with van der Waals surface area (Å²) in [6, 6.07) is 3.92. The average Bonchev–Trinajstić information content (AvgIpc) is 2.95. The highest BCUT2D eigenvalue weighted by Crippen LogP contribution is 2.41. The number of imide groups is 1. The van der Waals surface area contributed by atoms with Crippen LogP contribution in [0.5, 0.6) is 5.75 Å². The van der Waals surface area contributed by atoms with E-state index in [1.54, 1.807) is 19.9 Å². The van der Waals surface area contributed by atoms with Gasteiger partial charge in [-0.2, -0.15) is 0 Å². The zero-order valence-corrected chi connectivity index (χ0v) is 26.3. The Hall–Kier alpha value is -3.29. The number of nitrogens with zero attached hydrogens (tertiary/aromatic N) is 1. The highest BCUT2D eigenvalue weighted by Gasteiger charge is 2.44. The molecule has 1 aromatic rings. The van der Waals surface area contributed by atoms with Gasteiger partial charge in [0.05, 0.1) is 25.0 Å². The van der Waals surface area contributed by atoms with E-state index in [0.717, 1.165) is 36.0 Å². The molecule has 1 aromatic carbocycles. The van der Waals surface area contributed by atoms with E-state index in [2.05, 4.69) is 18.8 Å². The Morgan fingerprint density at radius 2 is 1.52 bits per heavy atom. The van der Waals surface area contributed by atoms with E-state index >= 15 is 0 Å². The summed E-state index contributed by atoms with van der Waals surface area (Å²) in [4.78, 5) is 40.4. The molecule has 1 unspecified atom stereocenters. The molecule has 0 aliphatic carbocycles. The van der Waals surface area contributed by atoms with Crippen molar-refractivity contribution in [3.05, 3.63) is 53.4 Å². The third-order valence-electron chi connectivity index (χ3n) is 7.60. The van der Waals surface area contributed by atoms with Crippen molar-refractivity contribution in [2.24, 2.45) is 0 Å². The molecule has 236 valence electrons. The number of allylic oxidation sites excluding steroid dienone is 1. The first kappa shape index (κ1) is 34.9. The summed E-state index contributed by atoms with van der Waals surface area (Å²) in [5.74, 6) is -0.199. The normalized spacial score (nSPS) is 14.9. The lowest BCUT2D eigenvalue weighted by molar-refractivity contribution is -0.134. The Morgan fingerprint density at radius 1 is 0.929 bits per heavy atom. The van der Waals surface area contributed by atoms with Gasteiger partial charge in [-0.05, 0) is 45.2 Å². The molecule has 1 atom stereocenters. The first-order valence-corrected chi connectivity index (χ1v) is 15.9. The molecule has 0 spiro atoms. The third kappa shape index (κ3) is 10.5. The average molecular weight is 587 g/mol. The number of carbonyl (C=O) groups excluding carboxylic acids is 3. The van der Waals surface area contributed by atoms with E-state index in [-0.39, 0.29) is 13.6 Å². The zero-order chi connectivity index (χ0) is 30.7. The predicted octanol–water partition coefficient (Wildman–Crippen LogP) is 9.15. The van der Waals surface area contributed by atoms with E-state index in [9.17, 15) is 14.4 Å². The molecule has 0 aromatic heterocycles. The Kier molecular flexibility index (Phi) is 16.4. The van der Waals surface area contributed by atoms with Gasteiger partial charge in [0, 0.05) is 12.7 Å². The van der Waals surface area contributed by atoms with Crippen molar-refractivity contribution >= 4 is 18.1 Å². The quantitative estimate of drug-likeness (QED) is 0.0930. The maximum atomic E-state index is 13.2. The number of nitrogens with one attached hydrogen (secondary N) is 1. The minimum absolute atomic E-state index is 0. The smallest absolute Gasteiger partial charge is 0.418 e. The van der Waals surface area contributed by atoms with Crippen molar-refractivity contribution < 1.29 is 30.0 Å². The SMILES string of the molecule is C=COC(=O)C1=C(C)NC(=O)N(C(=O)OCC)C1c1c(CCCCCCCCCCCCCCC)cccc1OCC.[HH]. The first-order chi connectivity index (χ1) is 20.4. The van der Waals surface area contributed by atoms with E-state index in [0.29, 0.717) is 30.0 Å². The molecule has 8 nitrogen and oxygen atoms in total. The van der Waals surface area contributed by atoms with Crippen LogP contribution >= 0.6 is 0 Å². The molecule has 1 aliphatic rings. The number of hydrogen-bond acceptors (Lipinski definition) is 6. The largest absolute Gasteiger partial charge is 0.493 e. The van der Waals surface area contributed by atoms with Crippen LogP contribution in [0.15, 0.2) is 42.3 Å². The summed E-state index contributed by atoms with van der Waals surface area (Å²) >= 11 is 0. The Balaban J connectivity index is 0.00000924. The molecule has 1 heterocycles. The molecule has 0 saturated carbocycles. The Morgan fingerprint density at radius 3 is 2.07 bits per heavy atom. The third-order valence-corrected chi connectivity index (χ3v) is 7.60. The van der Waals surface area contributed by atoms with Crippen LogP contribution in [0.25, 0.3) is 0 Å². The lowest BCUT2D eigenvalue weighted by Crippen LogP contribution is -2.51. The number of carbonyl (C=O) groups is 3. The minimum Gasteiger partial charge on any atom is -0.493 e. The molecule has 0 saturated heterocycles. The summed E-state index contributed by atoms with van der Waals surface area (Å²) in [7, 11) is 0. The summed E-state index contributed by atoms with van der Waals surface area (Å²) in [5, 5.41) is 2.61. The fourth-order valence-electron chi connectivity index (χ4n) is 5.53. The molecular weight excluding hydrogens is 532 g/mol. The maximum absolute atomic E-state index is 13.2. The van der Waals surface area contributed by atoms with E-state index in [4.69, 9.17) is 14.2 Å². The zero-order valence-electron chi connectivity index (χ0n) is 26.3. The standard InChI is InChI=1S/C34H52N2O6.H2/c1-6-10-11-12-13-14-15-16-17-18-19-20-21-23-27-24-22-25-28(40-7-2)30(27)31-29(32(37)41-8-3)26(5)35-33(38)36(31)34(39)42-9-4;/h8,22,24-25,31H,3,6-7,9-21,23H2,1-2,4-5H3,(H,35,38);1H. The minimum atomic E-state index is -1.08. The number of benzene rings is 1. The van der Waals surface area contributed by atoms with Crippen molar-refractivity contribution in [2.45, 2.75) is 124 Å². The molecule has 1 aliphatic heterocycles. The second kappa shape index (κ2) is 19.8. The molecule has 0 radical (unpaired) electrons. The van der Waals surface area contributed by atoms with Gasteiger partial charge in [0.15, 0.2) is 0 Å². The van der Waals surface area contributed by atoms with Crippen molar-refractivity contribution in [3.8, 4) is 5.75 Å². The van der Waals surface area contributed by atoms with E-state index < -0.39 is 24.1 Å². The lowest BCUT2D eigenvalue weighted by Gasteiger charge is -2.36. The van der Waals surface area contributed by atoms with Crippen LogP contribution < -0.4 is 10.1 Å². The summed E-state index contributed by atoms with van der Waals surface area (Å²) < 4.78 is 16.4. The van der Waals surface area contributed by atoms with Crippen LogP contribution in [0.1, 0.15) is 130 Å². The van der Waals surface area contributed by atoms with Gasteiger partial charge in [-0.3, -0.25) is 0 Å². The van der Waals surface area contributed by atoms with Gasteiger partial charge in [-0.25, -0.2) is 19.3 Å². The van der Waals surface area contributed by atoms with E-state index in [1.165, 1.54) is 64.2 Å². The second-order valence-corrected chi connectivity index (χ2v) is 10.8. The molecule has 1 N–H and O–H groups in total. The lowest BCUT2D eigenvalue weighted by atomic mass is 9.88. The summed E-state index contributed by atoms with van der Waals surface area (Å²) in [6.07, 6.45) is 17.3. The van der Waals surface area contributed by atoms with Gasteiger partial charge in [-0.1, -0.05) is 103 Å². The predicted molar refractivity (Wildman–Crippen MR) is 168 cm³/mol. The van der Waals surface area contributed by atoms with Crippen molar-refractivity contribution in [2.75, 3.05) is 13.2 Å². The number of unbranched alkanes of at least 4 members (excludes halogenated alkanes) is 12. The molecule has 42 heavy (non-hydrogen) atoms. The Labute approximate surface area is 254 Å². The number of ether oxygens (including phenoxy) is 3. The summed E-state index contributed by atoms with van der Waals surface area (Å²) in [6.45, 7) is 11.3. The number of amides is 3. The maximum Gasteiger partial charge on any atom is 0.418 e. The monoisotopic (exact) mass is 586 g/mol. The van der Waals surface area contributed by atoms with Crippen LogP contribution in [0.4, 0.5) is 9.59 Å². The molecule has 0 fully saturated rings. The van der Waals surface area contributed by atoms with Crippen LogP contribution in [0, 0.1) is 0 Å². The van der Waals surface area contributed by atoms with Gasteiger partial charge in [0.2, 0.25) is 0 Å². The second-order valence-electron chi connectivity index (χ2n) is 10.8. The van der Waals surface area contributed by atoms with Crippen molar-refractivity contribution in [1.29, 1.82) is 0 Å². The van der Waals surface area contributed by atoms with Crippen LogP contribution in [0.2, 0.25) is 0 Å². The van der Waals surface area contributed by atoms with Crippen LogP contribution in [-0.2, 0) is 20.7 Å². The fraction of sp³-hybridized carbons (Fsp3) is 0.618. The topological polar surface area (TPSA) is 94.2 Å². The van der Waals surface area contributed by atoms with Gasteiger partial charge in [-0.15, -0.1) is 0 Å². The first-order valence-electron chi connectivity index (χ1n) is 15.9. The molecule has 2 rings (SSSR count). The van der Waals surface area contributed by atoms with Crippen molar-refractivity contribution in [3.63, 3.8) is 0 Å². The van der Waals surface area contributed by atoms with E-state index in [1.807, 2.05) is 19.1 Å². The number of esters is 1. The molecule has 0 bridgehead atoms. The van der Waals surface area contributed by atoms with Crippen LogP contribution in [-0.4, -0.2) is 36.2 Å². The summed E-state index contributed by atoms with van der Waals surface area (Å²) in [5.41, 5.74) is 1.93. The highest BCUT2D eigenvalue weighted by molar-refractivity contribution is 6.00. The molecule has 3 amide bonds. The number of hydrogen-bond donors (Lipinski definition) is 1. The van der Waals surface area contributed by atoms with Crippen LogP contribution in [0.3, 0.4) is 0 Å². The number of aryl methyl sites for hydroxylation is 1. The van der Waals surface area contributed by atoms with Gasteiger partial charge in [0.1, 0.15) is 11.8 Å². The fourth-order valence-corrected chi connectivity index (χ4v) is 5.53. The van der Waals surface area contributed by atoms with Gasteiger partial charge < -0.3 is 19.5 Å². The Bertz CT molecular complexity index is 1060. The molecular formula is C34H54N2O6. The van der Waals surface area contributed by atoms with Gasteiger partial charge >= 0.3 is 18.1 Å². The number of rotatable bonds is 20.